The van der Waals surface area contributed by atoms with Gasteiger partial charge in [-0.05, 0) is 43.2 Å². The van der Waals surface area contributed by atoms with E-state index in [2.05, 4.69) is 25.2 Å². The van der Waals surface area contributed by atoms with E-state index < -0.39 is 5.91 Å². The molecule has 30 heavy (non-hydrogen) atoms. The van der Waals surface area contributed by atoms with Gasteiger partial charge in [0.1, 0.15) is 5.75 Å². The van der Waals surface area contributed by atoms with Crippen molar-refractivity contribution < 1.29 is 9.90 Å². The molecule has 1 aliphatic heterocycles. The lowest BCUT2D eigenvalue weighted by Gasteiger charge is -2.34. The fraction of sp³-hybridized carbons (Fsp3) is 0.273. The van der Waals surface area contributed by atoms with Crippen molar-refractivity contribution in [2.45, 2.75) is 25.3 Å². The summed E-state index contributed by atoms with van der Waals surface area (Å²) in [5, 5.41) is 13.0. The molecular weight excluding hydrogens is 380 g/mol. The van der Waals surface area contributed by atoms with Crippen LogP contribution in [0.1, 0.15) is 34.6 Å². The van der Waals surface area contributed by atoms with Gasteiger partial charge in [0, 0.05) is 61.7 Å². The van der Waals surface area contributed by atoms with Crippen LogP contribution in [0.25, 0.3) is 0 Å². The van der Waals surface area contributed by atoms with Gasteiger partial charge < -0.3 is 21.1 Å². The van der Waals surface area contributed by atoms with Crippen LogP contribution in [-0.2, 0) is 6.42 Å². The molecule has 0 unspecified atom stereocenters. The highest BCUT2D eigenvalue weighted by Gasteiger charge is 2.21. The fourth-order valence-corrected chi connectivity index (χ4v) is 3.68. The van der Waals surface area contributed by atoms with Crippen molar-refractivity contribution >= 4 is 17.3 Å². The Balaban J connectivity index is 1.44. The van der Waals surface area contributed by atoms with Crippen LogP contribution in [0.15, 0.2) is 55.1 Å². The first-order valence-corrected chi connectivity index (χ1v) is 9.92. The first kappa shape index (κ1) is 19.6. The van der Waals surface area contributed by atoms with Crippen molar-refractivity contribution in [2.75, 3.05) is 23.3 Å². The minimum Gasteiger partial charge on any atom is -0.508 e. The van der Waals surface area contributed by atoms with Gasteiger partial charge in [0.25, 0.3) is 5.91 Å². The molecule has 0 atom stereocenters. The van der Waals surface area contributed by atoms with Crippen LogP contribution < -0.4 is 16.0 Å². The number of anilines is 2. The predicted molar refractivity (Wildman–Crippen MR) is 115 cm³/mol. The maximum atomic E-state index is 11.9. The van der Waals surface area contributed by atoms with Crippen molar-refractivity contribution in [3.8, 4) is 5.75 Å². The predicted octanol–water partition coefficient (Wildman–Crippen LogP) is 2.35. The van der Waals surface area contributed by atoms with E-state index in [4.69, 9.17) is 5.73 Å². The Kier molecular flexibility index (Phi) is 5.74. The minimum absolute atomic E-state index is 0.225. The number of primary amides is 1. The number of phenols is 1. The van der Waals surface area contributed by atoms with Crippen LogP contribution in [0.2, 0.25) is 0 Å². The summed E-state index contributed by atoms with van der Waals surface area (Å²) < 4.78 is 0. The SMILES string of the molecule is NC(=O)c1cnc(Cc2cnccn2)cc1NC1CCN(c2ccc(O)cc2)CC1. The van der Waals surface area contributed by atoms with Crippen LogP contribution in [0.4, 0.5) is 11.4 Å². The zero-order chi connectivity index (χ0) is 20.9. The standard InChI is InChI=1S/C22H24N6O2/c23-22(30)20-14-26-16(11-17-13-24-7-8-25-17)12-21(20)27-15-5-9-28(10-6-15)18-1-3-19(29)4-2-18/h1-4,7-8,12-15,29H,5-6,9-11H2,(H2,23,30)(H,26,27). The Morgan fingerprint density at radius 1 is 1.10 bits per heavy atom. The van der Waals surface area contributed by atoms with E-state index in [1.807, 2.05) is 18.2 Å². The number of pyridine rings is 1. The first-order chi connectivity index (χ1) is 14.6. The fourth-order valence-electron chi connectivity index (χ4n) is 3.68. The highest BCUT2D eigenvalue weighted by Crippen LogP contribution is 2.25. The summed E-state index contributed by atoms with van der Waals surface area (Å²) in [5.74, 6) is -0.234. The highest BCUT2D eigenvalue weighted by atomic mass is 16.3. The molecule has 1 aromatic carbocycles. The summed E-state index contributed by atoms with van der Waals surface area (Å²) >= 11 is 0. The Morgan fingerprint density at radius 2 is 1.87 bits per heavy atom. The summed E-state index contributed by atoms with van der Waals surface area (Å²) in [7, 11) is 0. The summed E-state index contributed by atoms with van der Waals surface area (Å²) in [6.45, 7) is 1.76. The van der Waals surface area contributed by atoms with Gasteiger partial charge in [-0.2, -0.15) is 0 Å². The van der Waals surface area contributed by atoms with E-state index >= 15 is 0 Å². The van der Waals surface area contributed by atoms with Gasteiger partial charge in [-0.15, -0.1) is 0 Å². The highest BCUT2D eigenvalue weighted by molar-refractivity contribution is 5.98. The summed E-state index contributed by atoms with van der Waals surface area (Å²) in [5.41, 5.74) is 9.36. The molecule has 4 rings (SSSR count). The smallest absolute Gasteiger partial charge is 0.252 e. The Morgan fingerprint density at radius 3 is 2.53 bits per heavy atom. The van der Waals surface area contributed by atoms with Gasteiger partial charge in [-0.25, -0.2) is 0 Å². The zero-order valence-corrected chi connectivity index (χ0v) is 16.5. The monoisotopic (exact) mass is 404 g/mol. The number of nitrogens with zero attached hydrogens (tertiary/aromatic N) is 4. The van der Waals surface area contributed by atoms with Crippen LogP contribution in [0, 0.1) is 0 Å². The number of benzene rings is 1. The molecule has 8 nitrogen and oxygen atoms in total. The maximum Gasteiger partial charge on any atom is 0.252 e. The largest absolute Gasteiger partial charge is 0.508 e. The number of aromatic nitrogens is 3. The number of nitrogens with one attached hydrogen (secondary N) is 1. The second-order valence-electron chi connectivity index (χ2n) is 7.38. The molecule has 1 fully saturated rings. The van der Waals surface area contributed by atoms with Gasteiger partial charge in [0.15, 0.2) is 0 Å². The molecule has 3 heterocycles. The number of nitrogens with two attached hydrogens (primary N) is 1. The van der Waals surface area contributed by atoms with Crippen molar-refractivity contribution in [3.63, 3.8) is 0 Å². The number of hydrogen-bond donors (Lipinski definition) is 3. The third kappa shape index (κ3) is 4.65. The molecule has 0 saturated carbocycles. The second kappa shape index (κ2) is 8.77. The minimum atomic E-state index is -0.502. The first-order valence-electron chi connectivity index (χ1n) is 9.92. The third-order valence-electron chi connectivity index (χ3n) is 5.27. The van der Waals surface area contributed by atoms with Gasteiger partial charge in [-0.3, -0.25) is 19.7 Å². The number of amides is 1. The lowest BCUT2D eigenvalue weighted by Crippen LogP contribution is -2.39. The molecule has 1 amide bonds. The Hall–Kier alpha value is -3.68. The van der Waals surface area contributed by atoms with Crippen LogP contribution in [0.3, 0.4) is 0 Å². The van der Waals surface area contributed by atoms with E-state index in [1.54, 1.807) is 30.7 Å². The molecule has 0 bridgehead atoms. The molecule has 1 saturated heterocycles. The Labute approximate surface area is 174 Å². The number of aromatic hydroxyl groups is 1. The molecule has 0 radical (unpaired) electrons. The molecule has 154 valence electrons. The van der Waals surface area contributed by atoms with Gasteiger partial charge >= 0.3 is 0 Å². The van der Waals surface area contributed by atoms with Crippen molar-refractivity contribution in [2.24, 2.45) is 5.73 Å². The third-order valence-corrected chi connectivity index (χ3v) is 5.27. The van der Waals surface area contributed by atoms with Crippen molar-refractivity contribution in [1.82, 2.24) is 15.0 Å². The van der Waals surface area contributed by atoms with Crippen LogP contribution in [-0.4, -0.2) is 45.1 Å². The average Bonchev–Trinajstić information content (AvgIpc) is 2.76. The van der Waals surface area contributed by atoms with Gasteiger partial charge in [0.05, 0.1) is 16.9 Å². The number of rotatable bonds is 6. The quantitative estimate of drug-likeness (QED) is 0.577. The summed E-state index contributed by atoms with van der Waals surface area (Å²) in [6.07, 6.45) is 8.87. The van der Waals surface area contributed by atoms with Gasteiger partial charge in [-0.1, -0.05) is 0 Å². The van der Waals surface area contributed by atoms with Crippen LogP contribution >= 0.6 is 0 Å². The summed E-state index contributed by atoms with van der Waals surface area (Å²) in [4.78, 5) is 26.9. The molecule has 2 aromatic heterocycles. The van der Waals surface area contributed by atoms with Crippen molar-refractivity contribution in [3.05, 3.63) is 72.1 Å². The number of piperidine rings is 1. The van der Waals surface area contributed by atoms with Crippen LogP contribution in [0.5, 0.6) is 5.75 Å². The molecule has 0 aliphatic carbocycles. The molecular formula is C22H24N6O2. The topological polar surface area (TPSA) is 117 Å². The van der Waals surface area contributed by atoms with E-state index in [9.17, 15) is 9.90 Å². The van der Waals surface area contributed by atoms with E-state index in [0.29, 0.717) is 17.7 Å². The number of carbonyl (C=O) groups is 1. The maximum absolute atomic E-state index is 11.9. The van der Waals surface area contributed by atoms with E-state index in [1.165, 1.54) is 6.20 Å². The van der Waals surface area contributed by atoms with E-state index in [-0.39, 0.29) is 11.8 Å². The zero-order valence-electron chi connectivity index (χ0n) is 16.5. The lowest BCUT2D eigenvalue weighted by molar-refractivity contribution is 0.100. The average molecular weight is 404 g/mol. The molecule has 4 N–H and O–H groups in total. The second-order valence-corrected chi connectivity index (χ2v) is 7.38. The Bertz CT molecular complexity index is 1000. The molecule has 3 aromatic rings. The van der Waals surface area contributed by atoms with E-state index in [0.717, 1.165) is 43.0 Å². The number of phenolic OH excluding ortho intramolecular Hbond substituents is 1. The number of hydrogen-bond acceptors (Lipinski definition) is 7. The van der Waals surface area contributed by atoms with Gasteiger partial charge in [0.2, 0.25) is 0 Å². The molecule has 0 spiro atoms. The summed E-state index contributed by atoms with van der Waals surface area (Å²) in [6, 6.07) is 9.36. The van der Waals surface area contributed by atoms with Crippen molar-refractivity contribution in [1.29, 1.82) is 0 Å². The molecule has 8 heteroatoms. The number of carbonyl (C=O) groups excluding carboxylic acids is 1. The normalized spacial score (nSPS) is 14.5. The molecule has 1 aliphatic rings. The lowest BCUT2D eigenvalue weighted by atomic mass is 10.0.